The zero-order valence-corrected chi connectivity index (χ0v) is 33.4. The first-order valence-corrected chi connectivity index (χ1v) is 20.3. The van der Waals surface area contributed by atoms with E-state index < -0.39 is 12.2 Å². The molecule has 0 N–H and O–H groups in total. The van der Waals surface area contributed by atoms with Gasteiger partial charge in [-0.3, -0.25) is 9.59 Å². The molecule has 0 amide bonds. The van der Waals surface area contributed by atoms with E-state index in [1.807, 2.05) is 123 Å². The summed E-state index contributed by atoms with van der Waals surface area (Å²) in [5, 5.41) is 7.43. The quantitative estimate of drug-likeness (QED) is 0.0592. The van der Waals surface area contributed by atoms with Crippen LogP contribution in [-0.4, -0.2) is 50.6 Å². The molecule has 0 aliphatic rings. The largest absolute Gasteiger partial charge is 0.489 e. The second kappa shape index (κ2) is 19.2. The van der Waals surface area contributed by atoms with Crippen molar-refractivity contribution < 1.29 is 38.0 Å². The van der Waals surface area contributed by atoms with Crippen molar-refractivity contribution in [3.63, 3.8) is 0 Å². The Bertz CT molecular complexity index is 2500. The molecule has 58 heavy (non-hydrogen) atoms. The molecule has 8 heteroatoms. The lowest BCUT2D eigenvalue weighted by Gasteiger charge is -2.23. The molecule has 0 saturated carbocycles. The number of hydrogen-bond donors (Lipinski definition) is 0. The number of ether oxygens (including phenoxy) is 6. The fourth-order valence-electron chi connectivity index (χ4n) is 7.17. The van der Waals surface area contributed by atoms with Crippen molar-refractivity contribution in [3.8, 4) is 23.0 Å². The summed E-state index contributed by atoms with van der Waals surface area (Å²) in [5.74, 6) is 2.11. The average Bonchev–Trinajstić information content (AvgIpc) is 3.25. The van der Waals surface area contributed by atoms with E-state index in [0.717, 1.165) is 55.1 Å². The Morgan fingerprint density at radius 1 is 0.448 bits per heavy atom. The molecule has 0 bridgehead atoms. The summed E-state index contributed by atoms with van der Waals surface area (Å²) < 4.78 is 38.0. The number of fused-ring (bicyclic) bond motifs is 4. The number of aryl methyl sites for hydroxylation is 1. The lowest BCUT2D eigenvalue weighted by molar-refractivity contribution is -0.153. The van der Waals surface area contributed by atoms with Crippen molar-refractivity contribution in [2.45, 2.75) is 65.1 Å². The molecule has 7 aromatic carbocycles. The van der Waals surface area contributed by atoms with Crippen LogP contribution in [0.4, 0.5) is 0 Å². The summed E-state index contributed by atoms with van der Waals surface area (Å²) in [5.41, 5.74) is 1.12. The van der Waals surface area contributed by atoms with Gasteiger partial charge in [0.2, 0.25) is 0 Å². The molecule has 0 saturated heterocycles. The third-order valence-corrected chi connectivity index (χ3v) is 10.1. The molecule has 0 aliphatic heterocycles. The number of hydrogen-bond acceptors (Lipinski definition) is 8. The molecule has 7 aromatic rings. The molecule has 2 atom stereocenters. The average molecular weight is 779 g/mol. The van der Waals surface area contributed by atoms with Crippen LogP contribution in [0.5, 0.6) is 23.0 Å². The van der Waals surface area contributed by atoms with Crippen molar-refractivity contribution in [1.82, 2.24) is 0 Å². The maximum Gasteiger partial charge on any atom is 0.306 e. The Balaban J connectivity index is 1.18. The van der Waals surface area contributed by atoms with Crippen LogP contribution in [0, 0.1) is 0 Å². The van der Waals surface area contributed by atoms with Gasteiger partial charge in [0.25, 0.3) is 0 Å². The van der Waals surface area contributed by atoms with E-state index in [1.54, 1.807) is 0 Å². The SMILES string of the molecule is CCCC(=O)OC(COc1cccc2ccccc12)COc1c2ccccc2c(OCC(COc2cccc3ccccc23)OC(=O)CCC)c2cc(CC)ccc12. The highest BCUT2D eigenvalue weighted by atomic mass is 16.6. The molecule has 0 fully saturated rings. The number of carbonyl (C=O) groups is 2. The maximum atomic E-state index is 12.9. The first kappa shape index (κ1) is 39.9. The van der Waals surface area contributed by atoms with E-state index in [-0.39, 0.29) is 38.4 Å². The molecule has 8 nitrogen and oxygen atoms in total. The van der Waals surface area contributed by atoms with Gasteiger partial charge >= 0.3 is 11.9 Å². The lowest BCUT2D eigenvalue weighted by Crippen LogP contribution is -2.31. The predicted molar refractivity (Wildman–Crippen MR) is 230 cm³/mol. The topological polar surface area (TPSA) is 89.5 Å². The van der Waals surface area contributed by atoms with Crippen molar-refractivity contribution in [3.05, 3.63) is 133 Å². The van der Waals surface area contributed by atoms with Crippen LogP contribution in [0.25, 0.3) is 43.1 Å². The first-order chi connectivity index (χ1) is 28.4. The van der Waals surface area contributed by atoms with Gasteiger partial charge in [-0.05, 0) is 53.8 Å². The molecule has 0 radical (unpaired) electrons. The molecule has 0 aliphatic carbocycles. The van der Waals surface area contributed by atoms with Crippen LogP contribution in [0.2, 0.25) is 0 Å². The third-order valence-electron chi connectivity index (χ3n) is 10.1. The van der Waals surface area contributed by atoms with Gasteiger partial charge in [-0.25, -0.2) is 0 Å². The summed E-state index contributed by atoms with van der Waals surface area (Å²) in [6.45, 7) is 6.36. The van der Waals surface area contributed by atoms with E-state index in [2.05, 4.69) is 25.1 Å². The van der Waals surface area contributed by atoms with Crippen molar-refractivity contribution in [2.75, 3.05) is 26.4 Å². The summed E-state index contributed by atoms with van der Waals surface area (Å²) in [4.78, 5) is 25.7. The minimum absolute atomic E-state index is 0.0655. The van der Waals surface area contributed by atoms with Crippen LogP contribution in [0.15, 0.2) is 127 Å². The summed E-state index contributed by atoms with van der Waals surface area (Å²) in [7, 11) is 0. The molecular formula is C50H50O8. The molecule has 0 heterocycles. The van der Waals surface area contributed by atoms with Crippen LogP contribution in [0.1, 0.15) is 52.0 Å². The molecule has 7 rings (SSSR count). The standard InChI is InChI=1S/C50H50O8/c1-4-15-47(51)57-37(30-53-45-25-13-19-35-17-7-9-21-39(35)45)32-55-49-41-23-11-12-24-42(41)50(44-29-34(6-3)27-28-43(44)49)56-33-38(58-48(52)16-5-2)31-54-46-26-14-20-36-18-8-10-22-40(36)46/h7-14,17-29,37-38H,4-6,15-16,30-33H2,1-3H3. The molecule has 0 spiro atoms. The van der Waals surface area contributed by atoms with Gasteiger partial charge in [-0.2, -0.15) is 0 Å². The van der Waals surface area contributed by atoms with Gasteiger partial charge in [0.1, 0.15) is 49.4 Å². The predicted octanol–water partition coefficient (Wildman–Crippen LogP) is 11.2. The molecule has 298 valence electrons. The van der Waals surface area contributed by atoms with Gasteiger partial charge < -0.3 is 28.4 Å². The molecule has 0 aromatic heterocycles. The Hall–Kier alpha value is -6.28. The van der Waals surface area contributed by atoms with Crippen molar-refractivity contribution in [1.29, 1.82) is 0 Å². The van der Waals surface area contributed by atoms with Crippen molar-refractivity contribution in [2.24, 2.45) is 0 Å². The number of carbonyl (C=O) groups excluding carboxylic acids is 2. The normalized spacial score (nSPS) is 12.3. The minimum atomic E-state index is -0.683. The fraction of sp³-hybridized carbons (Fsp3) is 0.280. The second-order valence-corrected chi connectivity index (χ2v) is 14.4. The van der Waals surface area contributed by atoms with Crippen LogP contribution < -0.4 is 18.9 Å². The number of esters is 2. The van der Waals surface area contributed by atoms with Gasteiger partial charge in [0.15, 0.2) is 12.2 Å². The Morgan fingerprint density at radius 2 is 0.862 bits per heavy atom. The summed E-state index contributed by atoms with van der Waals surface area (Å²) >= 11 is 0. The van der Waals surface area contributed by atoms with Crippen LogP contribution >= 0.6 is 0 Å². The second-order valence-electron chi connectivity index (χ2n) is 14.4. The fourth-order valence-corrected chi connectivity index (χ4v) is 7.17. The third kappa shape index (κ3) is 9.46. The van der Waals surface area contributed by atoms with Crippen LogP contribution in [0.3, 0.4) is 0 Å². The lowest BCUT2D eigenvalue weighted by atomic mass is 9.98. The van der Waals surface area contributed by atoms with E-state index >= 15 is 0 Å². The summed E-state index contributed by atoms with van der Waals surface area (Å²) in [6, 6.07) is 42.1. The van der Waals surface area contributed by atoms with E-state index in [9.17, 15) is 9.59 Å². The van der Waals surface area contributed by atoms with E-state index in [0.29, 0.717) is 48.7 Å². The zero-order valence-electron chi connectivity index (χ0n) is 33.4. The number of rotatable bonds is 19. The highest BCUT2D eigenvalue weighted by molar-refractivity contribution is 6.11. The maximum absolute atomic E-state index is 12.9. The molecule has 2 unspecified atom stereocenters. The Kier molecular flexibility index (Phi) is 13.2. The van der Waals surface area contributed by atoms with Crippen molar-refractivity contribution >= 4 is 55.0 Å². The van der Waals surface area contributed by atoms with Gasteiger partial charge in [0.05, 0.1) is 0 Å². The number of benzene rings is 7. The Morgan fingerprint density at radius 3 is 1.34 bits per heavy atom. The smallest absolute Gasteiger partial charge is 0.306 e. The Labute approximate surface area is 339 Å². The first-order valence-electron chi connectivity index (χ1n) is 20.3. The highest BCUT2D eigenvalue weighted by Gasteiger charge is 2.23. The zero-order chi connectivity index (χ0) is 40.3. The van der Waals surface area contributed by atoms with Crippen LogP contribution in [-0.2, 0) is 25.5 Å². The van der Waals surface area contributed by atoms with Gasteiger partial charge in [0, 0.05) is 45.2 Å². The van der Waals surface area contributed by atoms with Gasteiger partial charge in [-0.1, -0.05) is 130 Å². The van der Waals surface area contributed by atoms with E-state index in [4.69, 9.17) is 28.4 Å². The highest BCUT2D eigenvalue weighted by Crippen LogP contribution is 2.43. The van der Waals surface area contributed by atoms with Gasteiger partial charge in [-0.15, -0.1) is 0 Å². The monoisotopic (exact) mass is 778 g/mol. The minimum Gasteiger partial charge on any atom is -0.489 e. The molecular weight excluding hydrogens is 729 g/mol. The van der Waals surface area contributed by atoms with E-state index in [1.165, 1.54) is 0 Å². The summed E-state index contributed by atoms with van der Waals surface area (Å²) in [6.07, 6.45) is 1.38.